The predicted molar refractivity (Wildman–Crippen MR) is 99.2 cm³/mol. The third kappa shape index (κ3) is 2.99. The third-order valence-electron chi connectivity index (χ3n) is 4.74. The molecule has 6 heteroatoms. The van der Waals surface area contributed by atoms with Crippen molar-refractivity contribution in [2.75, 3.05) is 6.61 Å². The molecule has 26 heavy (non-hydrogen) atoms. The molecule has 4 rings (SSSR count). The molecule has 1 aliphatic carbocycles. The van der Waals surface area contributed by atoms with Gasteiger partial charge in [0.05, 0.1) is 5.71 Å². The predicted octanol–water partition coefficient (Wildman–Crippen LogP) is 3.12. The summed E-state index contributed by atoms with van der Waals surface area (Å²) in [6.07, 6.45) is 7.87. The van der Waals surface area contributed by atoms with Crippen LogP contribution in [0, 0.1) is 0 Å². The first-order valence-electron chi connectivity index (χ1n) is 8.73. The maximum Gasteiger partial charge on any atom is 0.100 e. The molecule has 0 atom stereocenters. The number of aromatic nitrogens is 3. The summed E-state index contributed by atoms with van der Waals surface area (Å²) in [5, 5.41) is 26.4. The first kappa shape index (κ1) is 16.5. The fourth-order valence-corrected chi connectivity index (χ4v) is 3.44. The second-order valence-corrected chi connectivity index (χ2v) is 6.39. The summed E-state index contributed by atoms with van der Waals surface area (Å²) in [5.41, 5.74) is 7.01. The zero-order valence-corrected chi connectivity index (χ0v) is 14.3. The summed E-state index contributed by atoms with van der Waals surface area (Å²) >= 11 is 0. The van der Waals surface area contributed by atoms with Gasteiger partial charge >= 0.3 is 0 Å². The lowest BCUT2D eigenvalue weighted by Crippen LogP contribution is -2.00. The van der Waals surface area contributed by atoms with Gasteiger partial charge in [-0.25, -0.2) is 0 Å². The summed E-state index contributed by atoms with van der Waals surface area (Å²) in [5.74, 6) is 0. The minimum atomic E-state index is 0.141. The number of aliphatic hydroxyl groups excluding tert-OH is 1. The second-order valence-electron chi connectivity index (χ2n) is 6.39. The molecule has 0 aliphatic heterocycles. The number of pyridine rings is 1. The molecule has 2 N–H and O–H groups in total. The highest BCUT2D eigenvalue weighted by Gasteiger charge is 2.20. The molecule has 0 fully saturated rings. The Morgan fingerprint density at radius 2 is 1.88 bits per heavy atom. The van der Waals surface area contributed by atoms with Crippen molar-refractivity contribution in [1.29, 1.82) is 0 Å². The highest BCUT2D eigenvalue weighted by molar-refractivity contribution is 6.04. The van der Waals surface area contributed by atoms with E-state index in [2.05, 4.69) is 16.2 Å². The van der Waals surface area contributed by atoms with Crippen LogP contribution < -0.4 is 0 Å². The van der Waals surface area contributed by atoms with Crippen molar-refractivity contribution in [2.45, 2.75) is 25.8 Å². The minimum Gasteiger partial charge on any atom is -0.411 e. The average Bonchev–Trinajstić information content (AvgIpc) is 3.30. The summed E-state index contributed by atoms with van der Waals surface area (Å²) in [4.78, 5) is 4.09. The summed E-state index contributed by atoms with van der Waals surface area (Å²) in [6.45, 7) is 0.808. The van der Waals surface area contributed by atoms with Crippen LogP contribution in [-0.2, 0) is 13.0 Å². The quantitative estimate of drug-likeness (QED) is 0.548. The van der Waals surface area contributed by atoms with Crippen LogP contribution in [0.3, 0.4) is 0 Å². The van der Waals surface area contributed by atoms with Crippen LogP contribution in [0.25, 0.3) is 22.4 Å². The summed E-state index contributed by atoms with van der Waals surface area (Å²) in [7, 11) is 0. The van der Waals surface area contributed by atoms with Crippen molar-refractivity contribution < 1.29 is 10.3 Å². The van der Waals surface area contributed by atoms with Gasteiger partial charge in [-0.2, -0.15) is 5.10 Å². The fourth-order valence-electron chi connectivity index (χ4n) is 3.44. The van der Waals surface area contributed by atoms with Gasteiger partial charge in [-0.05, 0) is 42.5 Å². The number of aryl methyl sites for hydroxylation is 2. The fraction of sp³-hybridized carbons (Fsp3) is 0.250. The van der Waals surface area contributed by atoms with Crippen molar-refractivity contribution in [3.05, 3.63) is 60.0 Å². The van der Waals surface area contributed by atoms with Gasteiger partial charge < -0.3 is 10.3 Å². The number of nitrogens with zero attached hydrogens (tertiary/aromatic N) is 4. The van der Waals surface area contributed by atoms with E-state index in [0.29, 0.717) is 13.0 Å². The Morgan fingerprint density at radius 3 is 2.65 bits per heavy atom. The van der Waals surface area contributed by atoms with E-state index in [9.17, 15) is 0 Å². The highest BCUT2D eigenvalue weighted by Crippen LogP contribution is 2.34. The molecule has 0 bridgehead atoms. The lowest BCUT2D eigenvalue weighted by atomic mass is 9.98. The molecule has 3 aromatic rings. The van der Waals surface area contributed by atoms with E-state index >= 15 is 0 Å². The normalized spacial score (nSPS) is 14.7. The molecule has 2 heterocycles. The third-order valence-corrected chi connectivity index (χ3v) is 4.74. The topological polar surface area (TPSA) is 83.5 Å². The van der Waals surface area contributed by atoms with Gasteiger partial charge in [0.1, 0.15) is 5.69 Å². The largest absolute Gasteiger partial charge is 0.411 e. The van der Waals surface area contributed by atoms with Crippen LogP contribution >= 0.6 is 0 Å². The van der Waals surface area contributed by atoms with E-state index in [-0.39, 0.29) is 6.61 Å². The minimum absolute atomic E-state index is 0.141. The Labute approximate surface area is 151 Å². The zero-order chi connectivity index (χ0) is 17.9. The molecular weight excluding hydrogens is 328 g/mol. The van der Waals surface area contributed by atoms with E-state index in [1.807, 2.05) is 35.1 Å². The number of hydrogen-bond acceptors (Lipinski definition) is 5. The lowest BCUT2D eigenvalue weighted by molar-refractivity contribution is 0.277. The van der Waals surface area contributed by atoms with Crippen LogP contribution in [0.4, 0.5) is 0 Å². The lowest BCUT2D eigenvalue weighted by Gasteiger charge is -2.05. The molecule has 0 spiro atoms. The van der Waals surface area contributed by atoms with Gasteiger partial charge in [0.25, 0.3) is 0 Å². The van der Waals surface area contributed by atoms with Crippen LogP contribution in [-0.4, -0.2) is 37.4 Å². The Hall–Kier alpha value is -2.99. The number of oxime groups is 1. The molecule has 0 unspecified atom stereocenters. The van der Waals surface area contributed by atoms with Crippen molar-refractivity contribution in [3.8, 4) is 22.4 Å². The number of benzene rings is 1. The molecule has 0 radical (unpaired) electrons. The Morgan fingerprint density at radius 1 is 1.04 bits per heavy atom. The van der Waals surface area contributed by atoms with E-state index in [1.54, 1.807) is 12.4 Å². The molecule has 1 aliphatic rings. The molecule has 2 aromatic heterocycles. The maximum absolute atomic E-state index is 9.13. The van der Waals surface area contributed by atoms with Crippen LogP contribution in [0.2, 0.25) is 0 Å². The molecule has 6 nitrogen and oxygen atoms in total. The number of rotatable bonds is 5. The summed E-state index contributed by atoms with van der Waals surface area (Å²) < 4.78 is 1.88. The smallest absolute Gasteiger partial charge is 0.100 e. The maximum atomic E-state index is 9.13. The van der Waals surface area contributed by atoms with Gasteiger partial charge in [-0.1, -0.05) is 23.4 Å². The van der Waals surface area contributed by atoms with E-state index in [1.165, 1.54) is 5.56 Å². The molecule has 132 valence electrons. The van der Waals surface area contributed by atoms with Gasteiger partial charge in [0.2, 0.25) is 0 Å². The Bertz CT molecular complexity index is 948. The Balaban J connectivity index is 1.79. The standard InChI is InChI=1S/C20H20N4O2/c25-11-1-10-24-13-18(20(22-24)14-6-8-21-9-7-14)16-2-4-17-15(12-16)3-5-19(17)23-26/h2,4,6-9,12-13,25-26H,1,3,5,10-11H2/b23-19+. The van der Waals surface area contributed by atoms with Crippen LogP contribution in [0.15, 0.2) is 54.1 Å². The van der Waals surface area contributed by atoms with Gasteiger partial charge in [-0.3, -0.25) is 9.67 Å². The highest BCUT2D eigenvalue weighted by atomic mass is 16.4. The van der Waals surface area contributed by atoms with Gasteiger partial charge in [0.15, 0.2) is 0 Å². The first-order valence-corrected chi connectivity index (χ1v) is 8.73. The van der Waals surface area contributed by atoms with Crippen molar-refractivity contribution in [3.63, 3.8) is 0 Å². The summed E-state index contributed by atoms with van der Waals surface area (Å²) in [6, 6.07) is 10.1. The number of fused-ring (bicyclic) bond motifs is 1. The monoisotopic (exact) mass is 348 g/mol. The van der Waals surface area contributed by atoms with Crippen molar-refractivity contribution in [1.82, 2.24) is 14.8 Å². The second kappa shape index (κ2) is 7.09. The average molecular weight is 348 g/mol. The molecular formula is C20H20N4O2. The van der Waals surface area contributed by atoms with Crippen molar-refractivity contribution >= 4 is 5.71 Å². The van der Waals surface area contributed by atoms with Gasteiger partial charge in [0, 0.05) is 48.4 Å². The van der Waals surface area contributed by atoms with E-state index in [0.717, 1.165) is 46.5 Å². The first-order chi connectivity index (χ1) is 12.8. The molecule has 0 saturated heterocycles. The van der Waals surface area contributed by atoms with Crippen LogP contribution in [0.1, 0.15) is 24.0 Å². The van der Waals surface area contributed by atoms with Gasteiger partial charge in [-0.15, -0.1) is 0 Å². The number of hydrogen-bond donors (Lipinski definition) is 2. The number of aliphatic hydroxyl groups is 1. The molecule has 0 amide bonds. The molecule has 1 aromatic carbocycles. The van der Waals surface area contributed by atoms with Crippen molar-refractivity contribution in [2.24, 2.45) is 5.16 Å². The van der Waals surface area contributed by atoms with Crippen LogP contribution in [0.5, 0.6) is 0 Å². The molecule has 0 saturated carbocycles. The SMILES string of the molecule is OCCCn1cc(-c2ccc3c(c2)CC/C3=N\O)c(-c2ccncc2)n1. The Kier molecular flexibility index (Phi) is 4.50. The zero-order valence-electron chi connectivity index (χ0n) is 14.3. The van der Waals surface area contributed by atoms with E-state index < -0.39 is 0 Å². The van der Waals surface area contributed by atoms with E-state index in [4.69, 9.17) is 15.4 Å².